The average Bonchev–Trinajstić information content (AvgIpc) is 2.47. The molecule has 0 spiro atoms. The first-order chi connectivity index (χ1) is 7.47. The van der Waals surface area contributed by atoms with Gasteiger partial charge >= 0.3 is 6.18 Å². The molecule has 2 rings (SSSR count). The largest absolute Gasteiger partial charge is 0.393 e. The molecule has 2 aliphatic rings. The molecule has 0 radical (unpaired) electrons. The zero-order valence-electron chi connectivity index (χ0n) is 9.56. The van der Waals surface area contributed by atoms with E-state index in [9.17, 15) is 13.2 Å². The summed E-state index contributed by atoms with van der Waals surface area (Å²) in [7, 11) is 2.02. The van der Waals surface area contributed by atoms with Crippen LogP contribution in [0.3, 0.4) is 0 Å². The number of hydrogen-bond donors (Lipinski definition) is 1. The summed E-state index contributed by atoms with van der Waals surface area (Å²) in [5.74, 6) is -1.15. The zero-order valence-corrected chi connectivity index (χ0v) is 9.56. The van der Waals surface area contributed by atoms with Gasteiger partial charge in [-0.3, -0.25) is 0 Å². The van der Waals surface area contributed by atoms with E-state index in [4.69, 9.17) is 0 Å². The summed E-state index contributed by atoms with van der Waals surface area (Å²) >= 11 is 0. The summed E-state index contributed by atoms with van der Waals surface area (Å²) in [5, 5.41) is 2.99. The molecule has 0 amide bonds. The van der Waals surface area contributed by atoms with E-state index in [1.54, 1.807) is 0 Å². The molecule has 2 nitrogen and oxygen atoms in total. The minimum Gasteiger partial charge on any atom is -0.312 e. The minimum absolute atomic E-state index is 0.0113. The molecule has 0 aromatic carbocycles. The monoisotopic (exact) mass is 236 g/mol. The van der Waals surface area contributed by atoms with E-state index in [2.05, 4.69) is 10.2 Å². The molecule has 1 saturated carbocycles. The Morgan fingerprint density at radius 1 is 1.31 bits per heavy atom. The van der Waals surface area contributed by atoms with E-state index in [0.717, 1.165) is 6.54 Å². The predicted molar refractivity (Wildman–Crippen MR) is 56.2 cm³/mol. The lowest BCUT2D eigenvalue weighted by Crippen LogP contribution is -2.43. The van der Waals surface area contributed by atoms with Crippen molar-refractivity contribution in [3.05, 3.63) is 0 Å². The van der Waals surface area contributed by atoms with Crippen molar-refractivity contribution in [2.45, 2.75) is 43.9 Å². The Kier molecular flexibility index (Phi) is 3.45. The van der Waals surface area contributed by atoms with Crippen LogP contribution in [-0.2, 0) is 0 Å². The van der Waals surface area contributed by atoms with Gasteiger partial charge in [-0.2, -0.15) is 13.2 Å². The van der Waals surface area contributed by atoms with E-state index in [1.165, 1.54) is 19.3 Å². The third-order valence-electron chi connectivity index (χ3n) is 3.89. The molecule has 0 aromatic heterocycles. The highest BCUT2D eigenvalue weighted by Gasteiger charge is 2.44. The normalized spacial score (nSPS) is 32.1. The van der Waals surface area contributed by atoms with Crippen LogP contribution in [0, 0.1) is 5.92 Å². The first kappa shape index (κ1) is 12.2. The summed E-state index contributed by atoms with van der Waals surface area (Å²) < 4.78 is 37.4. The van der Waals surface area contributed by atoms with Gasteiger partial charge in [0.1, 0.15) is 0 Å². The Morgan fingerprint density at radius 3 is 2.44 bits per heavy atom. The number of hydrogen-bond acceptors (Lipinski definition) is 2. The van der Waals surface area contributed by atoms with E-state index < -0.39 is 12.1 Å². The fraction of sp³-hybridized carbons (Fsp3) is 1.00. The molecule has 1 saturated heterocycles. The molecular formula is C11H19F3N2. The van der Waals surface area contributed by atoms with Gasteiger partial charge < -0.3 is 10.2 Å². The molecule has 1 N–H and O–H groups in total. The van der Waals surface area contributed by atoms with E-state index in [1.807, 2.05) is 7.05 Å². The van der Waals surface area contributed by atoms with Crippen LogP contribution in [0.5, 0.6) is 0 Å². The number of rotatable bonds is 3. The van der Waals surface area contributed by atoms with Crippen molar-refractivity contribution in [2.24, 2.45) is 5.92 Å². The SMILES string of the molecule is CN(CC1CC(C(F)(F)F)CN1)C1CCC1. The van der Waals surface area contributed by atoms with Crippen LogP contribution in [0.4, 0.5) is 13.2 Å². The van der Waals surface area contributed by atoms with Gasteiger partial charge in [-0.25, -0.2) is 0 Å². The van der Waals surface area contributed by atoms with Gasteiger partial charge in [-0.15, -0.1) is 0 Å². The van der Waals surface area contributed by atoms with Crippen molar-refractivity contribution < 1.29 is 13.2 Å². The molecule has 0 aromatic rings. The molecular weight excluding hydrogens is 217 g/mol. The van der Waals surface area contributed by atoms with Crippen molar-refractivity contribution in [2.75, 3.05) is 20.1 Å². The summed E-state index contributed by atoms with van der Waals surface area (Å²) in [6.45, 7) is 0.837. The second-order valence-electron chi connectivity index (χ2n) is 5.10. The van der Waals surface area contributed by atoms with Crippen LogP contribution in [0.25, 0.3) is 0 Å². The van der Waals surface area contributed by atoms with Crippen molar-refractivity contribution in [1.29, 1.82) is 0 Å². The van der Waals surface area contributed by atoms with E-state index >= 15 is 0 Å². The Balaban J connectivity index is 1.76. The summed E-state index contributed by atoms with van der Waals surface area (Å²) in [5.41, 5.74) is 0. The van der Waals surface area contributed by atoms with E-state index in [0.29, 0.717) is 6.04 Å². The molecule has 1 aliphatic heterocycles. The van der Waals surface area contributed by atoms with Crippen molar-refractivity contribution in [1.82, 2.24) is 10.2 Å². The van der Waals surface area contributed by atoms with E-state index in [-0.39, 0.29) is 19.0 Å². The molecule has 16 heavy (non-hydrogen) atoms. The zero-order chi connectivity index (χ0) is 11.8. The smallest absolute Gasteiger partial charge is 0.312 e. The molecule has 1 heterocycles. The van der Waals surface area contributed by atoms with Gasteiger partial charge in [-0.1, -0.05) is 6.42 Å². The first-order valence-corrected chi connectivity index (χ1v) is 5.97. The van der Waals surface area contributed by atoms with Crippen molar-refractivity contribution in [3.63, 3.8) is 0 Å². The van der Waals surface area contributed by atoms with Crippen molar-refractivity contribution >= 4 is 0 Å². The van der Waals surface area contributed by atoms with Crippen LogP contribution in [0.1, 0.15) is 25.7 Å². The molecule has 2 atom stereocenters. The number of alkyl halides is 3. The fourth-order valence-corrected chi connectivity index (χ4v) is 2.53. The maximum Gasteiger partial charge on any atom is 0.393 e. The number of halogens is 3. The molecule has 5 heteroatoms. The Morgan fingerprint density at radius 2 is 2.00 bits per heavy atom. The highest BCUT2D eigenvalue weighted by Crippen LogP contribution is 2.33. The predicted octanol–water partition coefficient (Wildman–Crippen LogP) is 2.01. The van der Waals surface area contributed by atoms with Gasteiger partial charge in [0.05, 0.1) is 5.92 Å². The van der Waals surface area contributed by atoms with Crippen LogP contribution in [-0.4, -0.2) is 43.3 Å². The van der Waals surface area contributed by atoms with Gasteiger partial charge in [0.15, 0.2) is 0 Å². The highest BCUT2D eigenvalue weighted by atomic mass is 19.4. The second-order valence-corrected chi connectivity index (χ2v) is 5.10. The topological polar surface area (TPSA) is 15.3 Å². The highest BCUT2D eigenvalue weighted by molar-refractivity contribution is 4.89. The lowest BCUT2D eigenvalue weighted by molar-refractivity contribution is -0.169. The standard InChI is InChI=1S/C11H19F3N2/c1-16(10-3-2-4-10)7-9-5-8(6-15-9)11(12,13)14/h8-10,15H,2-7H2,1H3. The molecule has 0 bridgehead atoms. The molecule has 2 unspecified atom stereocenters. The van der Waals surface area contributed by atoms with Crippen LogP contribution < -0.4 is 5.32 Å². The van der Waals surface area contributed by atoms with Crippen LogP contribution in [0.2, 0.25) is 0 Å². The number of nitrogens with zero attached hydrogens (tertiary/aromatic N) is 1. The number of nitrogens with one attached hydrogen (secondary N) is 1. The van der Waals surface area contributed by atoms with Gasteiger partial charge in [0, 0.05) is 25.2 Å². The average molecular weight is 236 g/mol. The fourth-order valence-electron chi connectivity index (χ4n) is 2.53. The quantitative estimate of drug-likeness (QED) is 0.806. The van der Waals surface area contributed by atoms with Gasteiger partial charge in [0.25, 0.3) is 0 Å². The third kappa shape index (κ3) is 2.69. The second kappa shape index (κ2) is 4.53. The maximum atomic E-state index is 12.5. The molecule has 94 valence electrons. The maximum absolute atomic E-state index is 12.5. The first-order valence-electron chi connectivity index (χ1n) is 5.97. The van der Waals surface area contributed by atoms with Crippen LogP contribution >= 0.6 is 0 Å². The van der Waals surface area contributed by atoms with Crippen molar-refractivity contribution in [3.8, 4) is 0 Å². The molecule has 1 aliphatic carbocycles. The van der Waals surface area contributed by atoms with Gasteiger partial charge in [0.2, 0.25) is 0 Å². The lowest BCUT2D eigenvalue weighted by Gasteiger charge is -2.36. The minimum atomic E-state index is -4.03. The Labute approximate surface area is 94.2 Å². The Bertz CT molecular complexity index is 238. The third-order valence-corrected chi connectivity index (χ3v) is 3.89. The Hall–Kier alpha value is -0.290. The molecule has 2 fully saturated rings. The van der Waals surface area contributed by atoms with Crippen LogP contribution in [0.15, 0.2) is 0 Å². The van der Waals surface area contributed by atoms with Gasteiger partial charge in [-0.05, 0) is 26.3 Å². The lowest BCUT2D eigenvalue weighted by atomic mass is 9.91. The summed E-state index contributed by atoms with van der Waals surface area (Å²) in [6.07, 6.45) is -0.131. The summed E-state index contributed by atoms with van der Waals surface area (Å²) in [4.78, 5) is 2.21. The number of likely N-dealkylation sites (N-methyl/N-ethyl adjacent to an activating group) is 1. The summed E-state index contributed by atoms with van der Waals surface area (Å²) in [6, 6.07) is 0.615.